The predicted octanol–water partition coefficient (Wildman–Crippen LogP) is 4.42. The smallest absolute Gasteiger partial charge is 0.227 e. The largest absolute Gasteiger partial charge is 0.473 e. The van der Waals surface area contributed by atoms with Crippen molar-refractivity contribution in [1.29, 1.82) is 0 Å². The standard InChI is InChI=1S/C21H17ClFN3O2/c1-26-18-9-17(23)16(8-14(18)5-6-21(26)27)15-7-13(10-24-11-15)12-28-20-4-2-3-19(22)25-20/h2-4,7-11H,5-6,12H2,1H3. The molecule has 0 atom stereocenters. The zero-order chi connectivity index (χ0) is 19.7. The first-order valence-corrected chi connectivity index (χ1v) is 9.17. The van der Waals surface area contributed by atoms with Crippen molar-refractivity contribution in [2.45, 2.75) is 19.4 Å². The number of aromatic nitrogens is 2. The molecular formula is C21H17ClFN3O2. The number of anilines is 1. The number of carbonyl (C=O) groups excluding carboxylic acids is 1. The number of benzene rings is 1. The van der Waals surface area contributed by atoms with E-state index in [9.17, 15) is 9.18 Å². The number of ether oxygens (including phenoxy) is 1. The van der Waals surface area contributed by atoms with Crippen LogP contribution in [0.5, 0.6) is 5.88 Å². The Labute approximate surface area is 166 Å². The van der Waals surface area contributed by atoms with Gasteiger partial charge in [0.25, 0.3) is 0 Å². The number of rotatable bonds is 4. The monoisotopic (exact) mass is 397 g/mol. The van der Waals surface area contributed by atoms with E-state index in [1.165, 1.54) is 11.0 Å². The first-order chi connectivity index (χ1) is 13.5. The van der Waals surface area contributed by atoms with Crippen LogP contribution in [-0.4, -0.2) is 22.9 Å². The molecule has 2 aromatic heterocycles. The number of nitrogens with zero attached hydrogens (tertiary/aromatic N) is 3. The molecule has 0 unspecified atom stereocenters. The van der Waals surface area contributed by atoms with E-state index in [0.717, 1.165) is 11.1 Å². The maximum Gasteiger partial charge on any atom is 0.227 e. The second kappa shape index (κ2) is 7.56. The molecular weight excluding hydrogens is 381 g/mol. The van der Waals surface area contributed by atoms with E-state index >= 15 is 0 Å². The Morgan fingerprint density at radius 1 is 1.21 bits per heavy atom. The molecule has 0 saturated carbocycles. The van der Waals surface area contributed by atoms with E-state index in [0.29, 0.717) is 40.7 Å². The number of fused-ring (bicyclic) bond motifs is 1. The van der Waals surface area contributed by atoms with Crippen molar-refractivity contribution in [3.05, 3.63) is 70.9 Å². The minimum Gasteiger partial charge on any atom is -0.473 e. The fourth-order valence-corrected chi connectivity index (χ4v) is 3.38. The molecule has 28 heavy (non-hydrogen) atoms. The van der Waals surface area contributed by atoms with Crippen molar-refractivity contribution in [2.75, 3.05) is 11.9 Å². The third-order valence-electron chi connectivity index (χ3n) is 4.69. The van der Waals surface area contributed by atoms with Gasteiger partial charge >= 0.3 is 0 Å². The summed E-state index contributed by atoms with van der Waals surface area (Å²) in [4.78, 5) is 21.6. The summed E-state index contributed by atoms with van der Waals surface area (Å²) in [6, 6.07) is 10.2. The maximum atomic E-state index is 14.8. The zero-order valence-corrected chi connectivity index (χ0v) is 15.9. The van der Waals surface area contributed by atoms with E-state index < -0.39 is 5.82 Å². The number of hydrogen-bond donors (Lipinski definition) is 0. The number of halogens is 2. The number of carbonyl (C=O) groups is 1. The van der Waals surface area contributed by atoms with Crippen LogP contribution in [0.3, 0.4) is 0 Å². The fraction of sp³-hybridized carbons (Fsp3) is 0.190. The van der Waals surface area contributed by atoms with Gasteiger partial charge in [-0.1, -0.05) is 17.7 Å². The van der Waals surface area contributed by atoms with Gasteiger partial charge < -0.3 is 9.64 Å². The molecule has 0 fully saturated rings. The Hall–Kier alpha value is -2.99. The summed E-state index contributed by atoms with van der Waals surface area (Å²) in [5, 5.41) is 0.351. The lowest BCUT2D eigenvalue weighted by Gasteiger charge is -2.26. The Bertz CT molecular complexity index is 1060. The van der Waals surface area contributed by atoms with Crippen molar-refractivity contribution >= 4 is 23.2 Å². The molecule has 0 aliphatic carbocycles. The average Bonchev–Trinajstić information content (AvgIpc) is 2.70. The molecule has 0 radical (unpaired) electrons. The van der Waals surface area contributed by atoms with Crippen LogP contribution >= 0.6 is 11.6 Å². The molecule has 7 heteroatoms. The highest BCUT2D eigenvalue weighted by Gasteiger charge is 2.23. The molecule has 1 aromatic carbocycles. The topological polar surface area (TPSA) is 55.3 Å². The molecule has 142 valence electrons. The summed E-state index contributed by atoms with van der Waals surface area (Å²) in [7, 11) is 1.67. The van der Waals surface area contributed by atoms with Crippen LogP contribution in [0, 0.1) is 5.82 Å². The van der Waals surface area contributed by atoms with Crippen LogP contribution in [-0.2, 0) is 17.8 Å². The quantitative estimate of drug-likeness (QED) is 0.611. The van der Waals surface area contributed by atoms with Gasteiger partial charge in [-0.2, -0.15) is 0 Å². The highest BCUT2D eigenvalue weighted by Crippen LogP contribution is 2.33. The first kappa shape index (κ1) is 18.4. The van der Waals surface area contributed by atoms with Crippen molar-refractivity contribution in [3.63, 3.8) is 0 Å². The van der Waals surface area contributed by atoms with Crippen molar-refractivity contribution in [2.24, 2.45) is 0 Å². The van der Waals surface area contributed by atoms with Gasteiger partial charge in [0.05, 0.1) is 0 Å². The van der Waals surface area contributed by atoms with Crippen molar-refractivity contribution in [3.8, 4) is 17.0 Å². The van der Waals surface area contributed by atoms with E-state index in [2.05, 4.69) is 9.97 Å². The molecule has 0 bridgehead atoms. The molecule has 5 nitrogen and oxygen atoms in total. The summed E-state index contributed by atoms with van der Waals surface area (Å²) >= 11 is 5.86. The van der Waals surface area contributed by atoms with Gasteiger partial charge in [-0.3, -0.25) is 9.78 Å². The minimum atomic E-state index is -0.392. The van der Waals surface area contributed by atoms with Gasteiger partial charge in [-0.15, -0.1) is 0 Å². The molecule has 1 aliphatic heterocycles. The third-order valence-corrected chi connectivity index (χ3v) is 4.90. The van der Waals surface area contributed by atoms with Crippen LogP contribution in [0.4, 0.5) is 10.1 Å². The SMILES string of the molecule is CN1C(=O)CCc2cc(-c3cncc(COc4cccc(Cl)n4)c3)c(F)cc21. The Morgan fingerprint density at radius 2 is 2.07 bits per heavy atom. The maximum absolute atomic E-state index is 14.8. The van der Waals surface area contributed by atoms with Crippen LogP contribution in [0.15, 0.2) is 48.8 Å². The summed E-state index contributed by atoms with van der Waals surface area (Å²) in [6.45, 7) is 0.234. The molecule has 0 N–H and O–H groups in total. The highest BCUT2D eigenvalue weighted by atomic mass is 35.5. The number of hydrogen-bond acceptors (Lipinski definition) is 4. The normalized spacial score (nSPS) is 13.4. The van der Waals surface area contributed by atoms with Crippen LogP contribution in [0.1, 0.15) is 17.5 Å². The van der Waals surface area contributed by atoms with Crippen LogP contribution < -0.4 is 9.64 Å². The van der Waals surface area contributed by atoms with Gasteiger partial charge in [0, 0.05) is 54.3 Å². The predicted molar refractivity (Wildman–Crippen MR) is 105 cm³/mol. The fourth-order valence-electron chi connectivity index (χ4n) is 3.23. The second-order valence-corrected chi connectivity index (χ2v) is 6.97. The highest BCUT2D eigenvalue weighted by molar-refractivity contribution is 6.29. The second-order valence-electron chi connectivity index (χ2n) is 6.58. The molecule has 1 aliphatic rings. The van der Waals surface area contributed by atoms with Gasteiger partial charge in [-0.25, -0.2) is 9.37 Å². The van der Waals surface area contributed by atoms with Crippen molar-refractivity contribution < 1.29 is 13.9 Å². The molecule has 0 saturated heterocycles. The summed E-state index contributed by atoms with van der Waals surface area (Å²) in [5.41, 5.74) is 3.46. The molecule has 3 aromatic rings. The molecule has 3 heterocycles. The lowest BCUT2D eigenvalue weighted by Crippen LogP contribution is -2.31. The van der Waals surface area contributed by atoms with E-state index in [4.69, 9.17) is 16.3 Å². The first-order valence-electron chi connectivity index (χ1n) is 8.80. The van der Waals surface area contributed by atoms with Gasteiger partial charge in [0.15, 0.2) is 0 Å². The molecule has 1 amide bonds. The minimum absolute atomic E-state index is 0.00455. The third kappa shape index (κ3) is 3.68. The number of aryl methyl sites for hydroxylation is 1. The van der Waals surface area contributed by atoms with E-state index in [-0.39, 0.29) is 12.5 Å². The van der Waals surface area contributed by atoms with Crippen molar-refractivity contribution in [1.82, 2.24) is 9.97 Å². The van der Waals surface area contributed by atoms with Gasteiger partial charge in [0.2, 0.25) is 11.8 Å². The average molecular weight is 398 g/mol. The number of amides is 1. The summed E-state index contributed by atoms with van der Waals surface area (Å²) in [5.74, 6) is 0.0114. The Morgan fingerprint density at radius 3 is 2.89 bits per heavy atom. The van der Waals surface area contributed by atoms with E-state index in [1.54, 1.807) is 43.7 Å². The molecule has 4 rings (SSSR count). The summed E-state index contributed by atoms with van der Waals surface area (Å²) in [6.07, 6.45) is 4.30. The summed E-state index contributed by atoms with van der Waals surface area (Å²) < 4.78 is 20.4. The Balaban J connectivity index is 1.60. The number of pyridine rings is 2. The van der Waals surface area contributed by atoms with Crippen LogP contribution in [0.25, 0.3) is 11.1 Å². The zero-order valence-electron chi connectivity index (χ0n) is 15.2. The lowest BCUT2D eigenvalue weighted by molar-refractivity contribution is -0.118. The lowest BCUT2D eigenvalue weighted by atomic mass is 9.96. The van der Waals surface area contributed by atoms with Gasteiger partial charge in [-0.05, 0) is 36.2 Å². The van der Waals surface area contributed by atoms with E-state index in [1.807, 2.05) is 6.07 Å². The van der Waals surface area contributed by atoms with Gasteiger partial charge in [0.1, 0.15) is 17.6 Å². The molecule has 0 spiro atoms. The van der Waals surface area contributed by atoms with Crippen LogP contribution in [0.2, 0.25) is 5.15 Å². The Kier molecular flexibility index (Phi) is 4.96.